The van der Waals surface area contributed by atoms with Gasteiger partial charge in [0.25, 0.3) is 0 Å². The van der Waals surface area contributed by atoms with Gasteiger partial charge < -0.3 is 10.1 Å². The summed E-state index contributed by atoms with van der Waals surface area (Å²) in [5.74, 6) is 0.00387. The Morgan fingerprint density at radius 1 is 1.20 bits per heavy atom. The molecule has 1 amide bonds. The van der Waals surface area contributed by atoms with Crippen LogP contribution < -0.4 is 5.32 Å². The molecule has 1 aromatic carbocycles. The number of benzene rings is 1. The molecule has 2 heterocycles. The van der Waals surface area contributed by atoms with Gasteiger partial charge in [-0.1, -0.05) is 29.8 Å². The Hall–Kier alpha value is -2.14. The minimum Gasteiger partial charge on any atom is -0.381 e. The van der Waals surface area contributed by atoms with Crippen molar-refractivity contribution >= 4 is 5.91 Å². The fraction of sp³-hybridized carbons (Fsp3) is 0.500. The molecule has 0 bridgehead atoms. The number of hydrogen-bond acceptors (Lipinski definition) is 3. The van der Waals surface area contributed by atoms with E-state index in [2.05, 4.69) is 41.6 Å². The van der Waals surface area contributed by atoms with Crippen LogP contribution in [0.15, 0.2) is 30.3 Å². The zero-order valence-corrected chi connectivity index (χ0v) is 15.3. The molecule has 5 heteroatoms. The summed E-state index contributed by atoms with van der Waals surface area (Å²) >= 11 is 0. The highest BCUT2D eigenvalue weighted by Gasteiger charge is 2.34. The van der Waals surface area contributed by atoms with Gasteiger partial charge in [0, 0.05) is 30.9 Å². The summed E-state index contributed by atoms with van der Waals surface area (Å²) in [6.07, 6.45) is 1.85. The molecule has 1 aliphatic heterocycles. The quantitative estimate of drug-likeness (QED) is 0.910. The van der Waals surface area contributed by atoms with Gasteiger partial charge in [0.2, 0.25) is 5.91 Å². The van der Waals surface area contributed by atoms with E-state index >= 15 is 0 Å². The molecule has 0 spiro atoms. The molecule has 0 aliphatic carbocycles. The monoisotopic (exact) mass is 341 g/mol. The van der Waals surface area contributed by atoms with Crippen molar-refractivity contribution in [3.05, 3.63) is 52.8 Å². The highest BCUT2D eigenvalue weighted by Crippen LogP contribution is 2.34. The molecule has 0 radical (unpaired) electrons. The number of nitrogens with one attached hydrogen (secondary N) is 1. The zero-order chi connectivity index (χ0) is 17.9. The molecule has 5 nitrogen and oxygen atoms in total. The molecular weight excluding hydrogens is 314 g/mol. The fourth-order valence-corrected chi connectivity index (χ4v) is 3.53. The van der Waals surface area contributed by atoms with Gasteiger partial charge in [-0.15, -0.1) is 0 Å². The summed E-state index contributed by atoms with van der Waals surface area (Å²) in [7, 11) is 0. The summed E-state index contributed by atoms with van der Waals surface area (Å²) < 4.78 is 7.32. The zero-order valence-electron chi connectivity index (χ0n) is 15.3. The largest absolute Gasteiger partial charge is 0.381 e. The summed E-state index contributed by atoms with van der Waals surface area (Å²) in [5.41, 5.74) is 4.43. The van der Waals surface area contributed by atoms with Crippen LogP contribution in [-0.2, 0) is 21.5 Å². The van der Waals surface area contributed by atoms with E-state index in [9.17, 15) is 4.79 Å². The van der Waals surface area contributed by atoms with Crippen LogP contribution in [0.5, 0.6) is 0 Å². The predicted octanol–water partition coefficient (Wildman–Crippen LogP) is 2.67. The van der Waals surface area contributed by atoms with Crippen LogP contribution in [-0.4, -0.2) is 35.4 Å². The first-order chi connectivity index (χ1) is 12.0. The second-order valence-electron chi connectivity index (χ2n) is 7.12. The lowest BCUT2D eigenvalue weighted by atomic mass is 9.74. The number of nitrogens with zero attached hydrogens (tertiary/aromatic N) is 2. The molecule has 1 fully saturated rings. The number of aromatic nitrogens is 2. The second-order valence-corrected chi connectivity index (χ2v) is 7.12. The summed E-state index contributed by atoms with van der Waals surface area (Å²) in [5, 5.41) is 7.50. The van der Waals surface area contributed by atoms with Gasteiger partial charge in [-0.2, -0.15) is 5.10 Å². The van der Waals surface area contributed by atoms with Crippen LogP contribution in [0.3, 0.4) is 0 Å². The average Bonchev–Trinajstić information content (AvgIpc) is 2.91. The van der Waals surface area contributed by atoms with Crippen LogP contribution in [0.2, 0.25) is 0 Å². The number of aryl methyl sites for hydroxylation is 3. The normalized spacial score (nSPS) is 16.6. The van der Waals surface area contributed by atoms with Gasteiger partial charge in [0.05, 0.1) is 5.69 Å². The number of carbonyl (C=O) groups excluding carboxylic acids is 1. The number of carbonyl (C=O) groups is 1. The van der Waals surface area contributed by atoms with Crippen LogP contribution in [0.1, 0.15) is 35.4 Å². The number of rotatable bonds is 5. The smallest absolute Gasteiger partial charge is 0.241 e. The Balaban J connectivity index is 1.69. The molecule has 1 aromatic heterocycles. The molecule has 3 rings (SSSR count). The van der Waals surface area contributed by atoms with Gasteiger partial charge in [0.15, 0.2) is 0 Å². The van der Waals surface area contributed by atoms with Gasteiger partial charge in [-0.25, -0.2) is 0 Å². The van der Waals surface area contributed by atoms with Gasteiger partial charge >= 0.3 is 0 Å². The van der Waals surface area contributed by atoms with Crippen LogP contribution in [0.4, 0.5) is 0 Å². The first-order valence-corrected chi connectivity index (χ1v) is 8.91. The third kappa shape index (κ3) is 4.10. The van der Waals surface area contributed by atoms with Gasteiger partial charge in [0.1, 0.15) is 6.54 Å². The Kier molecular flexibility index (Phi) is 5.23. The van der Waals surface area contributed by atoms with E-state index in [0.29, 0.717) is 6.54 Å². The molecule has 25 heavy (non-hydrogen) atoms. The molecule has 1 saturated heterocycles. The first kappa shape index (κ1) is 17.7. The van der Waals surface area contributed by atoms with E-state index in [1.807, 2.05) is 19.9 Å². The van der Waals surface area contributed by atoms with E-state index in [1.54, 1.807) is 4.68 Å². The van der Waals surface area contributed by atoms with Crippen LogP contribution in [0, 0.1) is 20.8 Å². The van der Waals surface area contributed by atoms with Gasteiger partial charge in [-0.05, 0) is 45.2 Å². The maximum atomic E-state index is 12.4. The van der Waals surface area contributed by atoms with E-state index in [0.717, 1.165) is 37.4 Å². The Bertz CT molecular complexity index is 728. The van der Waals surface area contributed by atoms with Crippen LogP contribution >= 0.6 is 0 Å². The highest BCUT2D eigenvalue weighted by molar-refractivity contribution is 5.75. The summed E-state index contributed by atoms with van der Waals surface area (Å²) in [4.78, 5) is 12.4. The SMILES string of the molecule is Cc1ccc(C2(CNC(=O)Cn3nc(C)cc3C)CCOCC2)cc1. The van der Waals surface area contributed by atoms with Crippen molar-refractivity contribution in [1.29, 1.82) is 0 Å². The predicted molar refractivity (Wildman–Crippen MR) is 97.6 cm³/mol. The Labute approximate surface area is 149 Å². The Morgan fingerprint density at radius 2 is 1.88 bits per heavy atom. The molecule has 0 unspecified atom stereocenters. The molecule has 2 aromatic rings. The van der Waals surface area contributed by atoms with Crippen molar-refractivity contribution < 1.29 is 9.53 Å². The molecule has 0 atom stereocenters. The lowest BCUT2D eigenvalue weighted by Crippen LogP contribution is -2.45. The number of amides is 1. The van der Waals surface area contributed by atoms with Crippen molar-refractivity contribution in [2.75, 3.05) is 19.8 Å². The highest BCUT2D eigenvalue weighted by atomic mass is 16.5. The number of ether oxygens (including phenoxy) is 1. The third-order valence-electron chi connectivity index (χ3n) is 5.13. The molecule has 1 aliphatic rings. The van der Waals surface area contributed by atoms with Gasteiger partial charge in [-0.3, -0.25) is 9.48 Å². The Morgan fingerprint density at radius 3 is 2.48 bits per heavy atom. The maximum Gasteiger partial charge on any atom is 0.241 e. The van der Waals surface area contributed by atoms with Crippen molar-refractivity contribution in [3.8, 4) is 0 Å². The first-order valence-electron chi connectivity index (χ1n) is 8.91. The summed E-state index contributed by atoms with van der Waals surface area (Å²) in [6.45, 7) is 8.38. The lowest BCUT2D eigenvalue weighted by molar-refractivity contribution is -0.122. The molecule has 134 valence electrons. The molecule has 0 saturated carbocycles. The van der Waals surface area contributed by atoms with Crippen molar-refractivity contribution in [2.45, 2.75) is 45.6 Å². The van der Waals surface area contributed by atoms with Crippen LogP contribution in [0.25, 0.3) is 0 Å². The van der Waals surface area contributed by atoms with E-state index in [1.165, 1.54) is 11.1 Å². The van der Waals surface area contributed by atoms with E-state index in [4.69, 9.17) is 4.74 Å². The summed E-state index contributed by atoms with van der Waals surface area (Å²) in [6, 6.07) is 10.6. The maximum absolute atomic E-state index is 12.4. The van der Waals surface area contributed by atoms with Crippen molar-refractivity contribution in [2.24, 2.45) is 0 Å². The average molecular weight is 341 g/mol. The third-order valence-corrected chi connectivity index (χ3v) is 5.13. The minimum atomic E-state index is -0.0450. The van der Waals surface area contributed by atoms with E-state index in [-0.39, 0.29) is 17.9 Å². The van der Waals surface area contributed by atoms with Crippen molar-refractivity contribution in [3.63, 3.8) is 0 Å². The lowest BCUT2D eigenvalue weighted by Gasteiger charge is -2.38. The van der Waals surface area contributed by atoms with E-state index < -0.39 is 0 Å². The molecular formula is C20H27N3O2. The number of hydrogen-bond donors (Lipinski definition) is 1. The standard InChI is InChI=1S/C20H27N3O2/c1-15-4-6-18(7-5-15)20(8-10-25-11-9-20)14-21-19(24)13-23-17(3)12-16(2)22-23/h4-7,12H,8-11,13-14H2,1-3H3,(H,21,24). The van der Waals surface area contributed by atoms with Crippen molar-refractivity contribution in [1.82, 2.24) is 15.1 Å². The fourth-order valence-electron chi connectivity index (χ4n) is 3.53. The minimum absolute atomic E-state index is 0.00387. The second kappa shape index (κ2) is 7.40. The topological polar surface area (TPSA) is 56.2 Å². The molecule has 1 N–H and O–H groups in total.